The summed E-state index contributed by atoms with van der Waals surface area (Å²) in [6, 6.07) is 9.27. The first-order valence-electron chi connectivity index (χ1n) is 7.44. The van der Waals surface area contributed by atoms with Crippen LogP contribution in [0.2, 0.25) is 0 Å². The van der Waals surface area contributed by atoms with Crippen LogP contribution in [0.25, 0.3) is 0 Å². The second-order valence-electron chi connectivity index (χ2n) is 5.02. The Balaban J connectivity index is 2.56. The van der Waals surface area contributed by atoms with Crippen molar-refractivity contribution < 1.29 is 27.3 Å². The lowest BCUT2D eigenvalue weighted by Crippen LogP contribution is -2.37. The molecule has 8 nitrogen and oxygen atoms in total. The molecule has 0 spiro atoms. The number of nitro groups is 1. The van der Waals surface area contributed by atoms with Crippen molar-refractivity contribution in [2.24, 2.45) is 0 Å². The fraction of sp³-hybridized carbons (Fsp3) is 0.188. The van der Waals surface area contributed by atoms with Crippen molar-refractivity contribution in [1.82, 2.24) is 0 Å². The monoisotopic (exact) mass is 382 g/mol. The first-order valence-corrected chi connectivity index (χ1v) is 8.88. The highest BCUT2D eigenvalue weighted by Gasteiger charge is 2.30. The summed E-state index contributed by atoms with van der Waals surface area (Å²) in [6.07, 6.45) is 0. The van der Waals surface area contributed by atoms with Crippen molar-refractivity contribution in [3.8, 4) is 0 Å². The Morgan fingerprint density at radius 3 is 2.54 bits per heavy atom. The maximum Gasteiger partial charge on any atom is 0.326 e. The van der Waals surface area contributed by atoms with Gasteiger partial charge in [0.1, 0.15) is 12.4 Å². The summed E-state index contributed by atoms with van der Waals surface area (Å²) in [7, 11) is -4.46. The third-order valence-corrected chi connectivity index (χ3v) is 5.07. The van der Waals surface area contributed by atoms with Crippen LogP contribution in [-0.4, -0.2) is 32.5 Å². The van der Waals surface area contributed by atoms with Crippen molar-refractivity contribution in [3.63, 3.8) is 0 Å². The summed E-state index contributed by atoms with van der Waals surface area (Å²) >= 11 is 0. The lowest BCUT2D eigenvalue weighted by molar-refractivity contribution is -0.385. The first-order chi connectivity index (χ1) is 12.3. The van der Waals surface area contributed by atoms with Gasteiger partial charge in [-0.05, 0) is 25.1 Å². The number of para-hydroxylation sites is 1. The minimum atomic E-state index is -4.46. The Hall–Kier alpha value is -3.01. The van der Waals surface area contributed by atoms with Crippen LogP contribution in [0, 0.1) is 15.9 Å². The van der Waals surface area contributed by atoms with Crippen LogP contribution in [0.3, 0.4) is 0 Å². The topological polar surface area (TPSA) is 107 Å². The van der Waals surface area contributed by atoms with Crippen molar-refractivity contribution in [3.05, 3.63) is 64.5 Å². The summed E-state index contributed by atoms with van der Waals surface area (Å²) in [6.45, 7) is 0.779. The van der Waals surface area contributed by atoms with Gasteiger partial charge >= 0.3 is 5.97 Å². The van der Waals surface area contributed by atoms with Gasteiger partial charge in [-0.15, -0.1) is 0 Å². The number of carbonyl (C=O) groups excluding carboxylic acids is 1. The molecule has 26 heavy (non-hydrogen) atoms. The Kier molecular flexibility index (Phi) is 5.88. The third-order valence-electron chi connectivity index (χ3n) is 3.32. The van der Waals surface area contributed by atoms with E-state index in [1.165, 1.54) is 24.3 Å². The van der Waals surface area contributed by atoms with Crippen LogP contribution >= 0.6 is 0 Å². The Bertz CT molecular complexity index is 932. The zero-order chi connectivity index (χ0) is 19.3. The minimum Gasteiger partial charge on any atom is -0.465 e. The van der Waals surface area contributed by atoms with E-state index in [1.807, 2.05) is 0 Å². The number of nitro benzene ring substituents is 1. The van der Waals surface area contributed by atoms with Gasteiger partial charge in [-0.2, -0.15) is 0 Å². The average molecular weight is 382 g/mol. The van der Waals surface area contributed by atoms with Gasteiger partial charge in [0.2, 0.25) is 0 Å². The van der Waals surface area contributed by atoms with Gasteiger partial charge < -0.3 is 4.74 Å². The van der Waals surface area contributed by atoms with E-state index in [2.05, 4.69) is 0 Å². The zero-order valence-electron chi connectivity index (χ0n) is 13.7. The van der Waals surface area contributed by atoms with Gasteiger partial charge in [-0.25, -0.2) is 12.8 Å². The molecule has 2 aromatic carbocycles. The summed E-state index contributed by atoms with van der Waals surface area (Å²) in [5, 5.41) is 10.9. The summed E-state index contributed by atoms with van der Waals surface area (Å²) in [5.41, 5.74) is -0.817. The molecule has 0 heterocycles. The maximum absolute atomic E-state index is 14.2. The van der Waals surface area contributed by atoms with Crippen LogP contribution in [0.4, 0.5) is 15.8 Å². The predicted molar refractivity (Wildman–Crippen MR) is 90.7 cm³/mol. The molecule has 0 bridgehead atoms. The fourth-order valence-corrected chi connectivity index (χ4v) is 3.62. The molecule has 0 fully saturated rings. The molecule has 0 aliphatic rings. The van der Waals surface area contributed by atoms with Crippen LogP contribution in [-0.2, 0) is 19.6 Å². The van der Waals surface area contributed by atoms with Gasteiger partial charge in [0.05, 0.1) is 22.1 Å². The molecule has 0 aliphatic carbocycles. The number of carbonyl (C=O) groups is 1. The number of ether oxygens (including phenoxy) is 1. The molecule has 0 N–H and O–H groups in total. The van der Waals surface area contributed by atoms with Crippen molar-refractivity contribution in [2.45, 2.75) is 11.8 Å². The van der Waals surface area contributed by atoms with E-state index in [0.29, 0.717) is 4.31 Å². The smallest absolute Gasteiger partial charge is 0.326 e. The maximum atomic E-state index is 14.2. The molecule has 2 aromatic rings. The highest BCUT2D eigenvalue weighted by molar-refractivity contribution is 7.92. The van der Waals surface area contributed by atoms with Crippen LogP contribution < -0.4 is 4.31 Å². The second-order valence-corrected chi connectivity index (χ2v) is 6.88. The number of hydrogen-bond donors (Lipinski definition) is 0. The van der Waals surface area contributed by atoms with Crippen molar-refractivity contribution in [2.75, 3.05) is 17.5 Å². The van der Waals surface area contributed by atoms with Crippen molar-refractivity contribution in [1.29, 1.82) is 0 Å². The molecule has 0 amide bonds. The molecule has 0 saturated heterocycles. The summed E-state index contributed by atoms with van der Waals surface area (Å²) < 4.78 is 45.3. The highest BCUT2D eigenvalue weighted by atomic mass is 32.2. The van der Waals surface area contributed by atoms with Gasteiger partial charge in [0, 0.05) is 12.1 Å². The van der Waals surface area contributed by atoms with Crippen LogP contribution in [0.5, 0.6) is 0 Å². The van der Waals surface area contributed by atoms with Gasteiger partial charge in [-0.1, -0.05) is 18.2 Å². The average Bonchev–Trinajstić information content (AvgIpc) is 2.60. The van der Waals surface area contributed by atoms with E-state index < -0.39 is 43.9 Å². The van der Waals surface area contributed by atoms with Gasteiger partial charge in [0.15, 0.2) is 0 Å². The number of hydrogen-bond acceptors (Lipinski definition) is 6. The zero-order valence-corrected chi connectivity index (χ0v) is 14.5. The lowest BCUT2D eigenvalue weighted by Gasteiger charge is -2.23. The van der Waals surface area contributed by atoms with E-state index in [0.717, 1.165) is 24.3 Å². The number of halogens is 1. The molecule has 0 aromatic heterocycles. The lowest BCUT2D eigenvalue weighted by atomic mass is 10.3. The summed E-state index contributed by atoms with van der Waals surface area (Å²) in [5.74, 6) is -1.75. The minimum absolute atomic E-state index is 0.0147. The van der Waals surface area contributed by atoms with Gasteiger partial charge in [0.25, 0.3) is 15.7 Å². The standard InChI is InChI=1S/C16H15FN2O6S/c1-2-25-16(20)11-18(15-9-4-3-8-14(15)17)26(23,24)13-7-5-6-12(10-13)19(21)22/h3-10H,2,11H2,1H3. The van der Waals surface area contributed by atoms with Gasteiger partial charge in [-0.3, -0.25) is 19.2 Å². The van der Waals surface area contributed by atoms with Crippen LogP contribution in [0.1, 0.15) is 6.92 Å². The van der Waals surface area contributed by atoms with E-state index in [9.17, 15) is 27.7 Å². The van der Waals surface area contributed by atoms with Crippen LogP contribution in [0.15, 0.2) is 53.4 Å². The number of rotatable bonds is 7. The molecule has 10 heteroatoms. The molecule has 0 radical (unpaired) electrons. The molecular formula is C16H15FN2O6S. The Morgan fingerprint density at radius 1 is 1.23 bits per heavy atom. The number of anilines is 1. The number of non-ortho nitro benzene ring substituents is 1. The van der Waals surface area contributed by atoms with E-state index >= 15 is 0 Å². The SMILES string of the molecule is CCOC(=O)CN(c1ccccc1F)S(=O)(=O)c1cccc([N+](=O)[O-])c1. The third kappa shape index (κ3) is 4.14. The molecular weight excluding hydrogens is 367 g/mol. The second kappa shape index (κ2) is 7.91. The first kappa shape index (κ1) is 19.3. The number of esters is 1. The normalized spacial score (nSPS) is 11.0. The predicted octanol–water partition coefficient (Wildman–Crippen LogP) is 2.49. The van der Waals surface area contributed by atoms with E-state index in [1.54, 1.807) is 6.92 Å². The van der Waals surface area contributed by atoms with E-state index in [4.69, 9.17) is 4.74 Å². The molecule has 138 valence electrons. The quantitative estimate of drug-likeness (QED) is 0.414. The van der Waals surface area contributed by atoms with Crippen molar-refractivity contribution >= 4 is 27.4 Å². The molecule has 0 saturated carbocycles. The number of nitrogens with zero attached hydrogens (tertiary/aromatic N) is 2. The molecule has 0 atom stereocenters. The molecule has 0 aliphatic heterocycles. The molecule has 0 unspecified atom stereocenters. The Labute approximate surface area is 149 Å². The largest absolute Gasteiger partial charge is 0.465 e. The highest BCUT2D eigenvalue weighted by Crippen LogP contribution is 2.27. The molecule has 2 rings (SSSR count). The summed E-state index contributed by atoms with van der Waals surface area (Å²) in [4.78, 5) is 21.5. The number of benzene rings is 2. The van der Waals surface area contributed by atoms with E-state index in [-0.39, 0.29) is 12.3 Å². The fourth-order valence-electron chi connectivity index (χ4n) is 2.16. The Morgan fingerprint density at radius 2 is 1.92 bits per heavy atom. The number of sulfonamides is 1.